The van der Waals surface area contributed by atoms with Crippen molar-refractivity contribution in [3.05, 3.63) is 56.8 Å². The number of carbonyl (C=O) groups excluding carboxylic acids is 1. The number of benzene rings is 1. The van der Waals surface area contributed by atoms with Gasteiger partial charge in [-0.25, -0.2) is 4.98 Å². The van der Waals surface area contributed by atoms with Crippen LogP contribution in [0.4, 0.5) is 5.13 Å². The zero-order valence-electron chi connectivity index (χ0n) is 12.9. The van der Waals surface area contributed by atoms with Gasteiger partial charge in [-0.2, -0.15) is 0 Å². The first-order chi connectivity index (χ1) is 11.0. The van der Waals surface area contributed by atoms with Crippen molar-refractivity contribution >= 4 is 38.3 Å². The fourth-order valence-corrected chi connectivity index (χ4v) is 3.52. The molecule has 4 nitrogen and oxygen atoms in total. The first-order valence-electron chi connectivity index (χ1n) is 7.05. The van der Waals surface area contributed by atoms with Crippen molar-refractivity contribution in [2.75, 3.05) is 5.32 Å². The highest BCUT2D eigenvalue weighted by molar-refractivity contribution is 9.10. The van der Waals surface area contributed by atoms with E-state index in [1.54, 1.807) is 6.92 Å². The van der Waals surface area contributed by atoms with Crippen molar-refractivity contribution in [3.63, 3.8) is 0 Å². The van der Waals surface area contributed by atoms with E-state index >= 15 is 0 Å². The Bertz CT molecular complexity index is 865. The number of rotatable bonds is 3. The van der Waals surface area contributed by atoms with Gasteiger partial charge in [-0.05, 0) is 36.7 Å². The van der Waals surface area contributed by atoms with Crippen LogP contribution in [0.2, 0.25) is 0 Å². The Morgan fingerprint density at radius 2 is 1.87 bits per heavy atom. The summed E-state index contributed by atoms with van der Waals surface area (Å²) in [6.45, 7) is 5.63. The summed E-state index contributed by atoms with van der Waals surface area (Å²) < 4.78 is 6.15. The third kappa shape index (κ3) is 3.23. The van der Waals surface area contributed by atoms with E-state index in [1.165, 1.54) is 16.9 Å². The van der Waals surface area contributed by atoms with Gasteiger partial charge < -0.3 is 4.42 Å². The van der Waals surface area contributed by atoms with E-state index < -0.39 is 0 Å². The summed E-state index contributed by atoms with van der Waals surface area (Å²) in [4.78, 5) is 16.9. The number of hydrogen-bond donors (Lipinski definition) is 1. The van der Waals surface area contributed by atoms with Gasteiger partial charge in [-0.3, -0.25) is 10.1 Å². The summed E-state index contributed by atoms with van der Waals surface area (Å²) in [6, 6.07) is 8.13. The molecule has 0 aliphatic carbocycles. The third-order valence-corrected chi connectivity index (χ3v) is 5.20. The van der Waals surface area contributed by atoms with Gasteiger partial charge in [0.05, 0.1) is 15.7 Å². The van der Waals surface area contributed by atoms with Crippen LogP contribution in [-0.4, -0.2) is 10.9 Å². The lowest BCUT2D eigenvalue weighted by atomic mass is 10.1. The molecule has 1 aromatic carbocycles. The Balaban J connectivity index is 1.81. The summed E-state index contributed by atoms with van der Waals surface area (Å²) in [6.07, 6.45) is 0. The summed E-state index contributed by atoms with van der Waals surface area (Å²) in [7, 11) is 0. The molecule has 1 N–H and O–H groups in total. The number of carbonyl (C=O) groups is 1. The Morgan fingerprint density at radius 3 is 2.48 bits per heavy atom. The molecule has 0 atom stereocenters. The largest absolute Gasteiger partial charge is 0.465 e. The minimum absolute atomic E-state index is 0.226. The topological polar surface area (TPSA) is 55.1 Å². The molecule has 1 amide bonds. The lowest BCUT2D eigenvalue weighted by Crippen LogP contribution is -2.12. The van der Waals surface area contributed by atoms with Crippen molar-refractivity contribution in [2.45, 2.75) is 20.8 Å². The van der Waals surface area contributed by atoms with Crippen LogP contribution in [0.25, 0.3) is 11.3 Å². The molecule has 3 aromatic rings. The molecule has 0 fully saturated rings. The van der Waals surface area contributed by atoms with E-state index in [-0.39, 0.29) is 5.91 Å². The monoisotopic (exact) mass is 390 g/mol. The summed E-state index contributed by atoms with van der Waals surface area (Å²) in [5.74, 6) is 1.05. The Morgan fingerprint density at radius 1 is 1.17 bits per heavy atom. The number of furan rings is 1. The van der Waals surface area contributed by atoms with Crippen LogP contribution < -0.4 is 5.32 Å². The van der Waals surface area contributed by atoms with E-state index in [1.807, 2.05) is 43.5 Å². The van der Waals surface area contributed by atoms with E-state index in [2.05, 4.69) is 26.2 Å². The highest BCUT2D eigenvalue weighted by Gasteiger charge is 2.20. The van der Waals surface area contributed by atoms with Crippen molar-refractivity contribution in [3.8, 4) is 11.3 Å². The number of thiazole rings is 1. The predicted octanol–water partition coefficient (Wildman–Crippen LogP) is 5.34. The van der Waals surface area contributed by atoms with Gasteiger partial charge in [-0.15, -0.1) is 11.3 Å². The first kappa shape index (κ1) is 16.0. The first-order valence-corrected chi connectivity index (χ1v) is 8.72. The van der Waals surface area contributed by atoms with E-state index in [0.717, 1.165) is 11.3 Å². The number of nitrogens with one attached hydrogen (secondary N) is 1. The molecule has 0 unspecified atom stereocenters. The molecule has 0 aliphatic heterocycles. The van der Waals surface area contributed by atoms with Gasteiger partial charge in [0.25, 0.3) is 5.91 Å². The molecule has 118 valence electrons. The van der Waals surface area contributed by atoms with E-state index in [0.29, 0.717) is 26.7 Å². The van der Waals surface area contributed by atoms with E-state index in [4.69, 9.17) is 4.42 Å². The molecule has 0 saturated heterocycles. The normalized spacial score (nSPS) is 10.8. The van der Waals surface area contributed by atoms with Gasteiger partial charge in [-0.1, -0.05) is 29.8 Å². The fraction of sp³-hybridized carbons (Fsp3) is 0.176. The zero-order chi connectivity index (χ0) is 16.6. The second-order valence-corrected chi connectivity index (χ2v) is 6.91. The van der Waals surface area contributed by atoms with Crippen LogP contribution in [0.3, 0.4) is 0 Å². The Labute approximate surface area is 146 Å². The molecular formula is C17H15BrN2O2S. The SMILES string of the molecule is Cc1ccc(-c2csc(NC(=O)c3c(C)oc(C)c3Br)n2)cc1. The maximum atomic E-state index is 12.4. The van der Waals surface area contributed by atoms with Crippen LogP contribution in [0, 0.1) is 20.8 Å². The summed E-state index contributed by atoms with van der Waals surface area (Å²) in [5.41, 5.74) is 3.59. The molecule has 0 aliphatic rings. The van der Waals surface area contributed by atoms with Crippen molar-refractivity contribution < 1.29 is 9.21 Å². The number of aryl methyl sites for hydroxylation is 3. The molecule has 23 heavy (non-hydrogen) atoms. The summed E-state index contributed by atoms with van der Waals surface area (Å²) >= 11 is 4.79. The van der Waals surface area contributed by atoms with Crippen LogP contribution in [0.15, 0.2) is 38.5 Å². The molecular weight excluding hydrogens is 376 g/mol. The second-order valence-electron chi connectivity index (χ2n) is 5.26. The molecule has 0 bridgehead atoms. The molecule has 2 aromatic heterocycles. The number of nitrogens with zero attached hydrogens (tertiary/aromatic N) is 1. The smallest absolute Gasteiger partial charge is 0.262 e. The van der Waals surface area contributed by atoms with Gasteiger partial charge in [0.15, 0.2) is 5.13 Å². The van der Waals surface area contributed by atoms with Crippen LogP contribution >= 0.6 is 27.3 Å². The molecule has 0 saturated carbocycles. The van der Waals surface area contributed by atoms with Crippen LogP contribution in [0.1, 0.15) is 27.4 Å². The Kier molecular flexibility index (Phi) is 4.37. The van der Waals surface area contributed by atoms with Gasteiger partial charge in [0, 0.05) is 10.9 Å². The average molecular weight is 391 g/mol. The molecule has 0 spiro atoms. The quantitative estimate of drug-likeness (QED) is 0.656. The zero-order valence-corrected chi connectivity index (χ0v) is 15.3. The molecule has 2 heterocycles. The number of amides is 1. The average Bonchev–Trinajstić information content (AvgIpc) is 3.05. The van der Waals surface area contributed by atoms with Crippen LogP contribution in [0.5, 0.6) is 0 Å². The van der Waals surface area contributed by atoms with Gasteiger partial charge >= 0.3 is 0 Å². The fourth-order valence-electron chi connectivity index (χ4n) is 2.26. The highest BCUT2D eigenvalue weighted by atomic mass is 79.9. The molecule has 3 rings (SSSR count). The molecule has 0 radical (unpaired) electrons. The maximum absolute atomic E-state index is 12.4. The second kappa shape index (κ2) is 6.29. The van der Waals surface area contributed by atoms with Crippen molar-refractivity contribution in [1.29, 1.82) is 0 Å². The standard InChI is InChI=1S/C17H15BrN2O2S/c1-9-4-6-12(7-5-9)13-8-23-17(19-13)20-16(21)14-10(2)22-11(3)15(14)18/h4-8H,1-3H3,(H,19,20,21). The lowest BCUT2D eigenvalue weighted by molar-refractivity contribution is 0.102. The van der Waals surface area contributed by atoms with Crippen LogP contribution in [-0.2, 0) is 0 Å². The third-order valence-electron chi connectivity index (χ3n) is 3.49. The minimum atomic E-state index is -0.226. The highest BCUT2D eigenvalue weighted by Crippen LogP contribution is 2.29. The van der Waals surface area contributed by atoms with Crippen molar-refractivity contribution in [2.24, 2.45) is 0 Å². The number of hydrogen-bond acceptors (Lipinski definition) is 4. The maximum Gasteiger partial charge on any atom is 0.262 e. The molecule has 6 heteroatoms. The lowest BCUT2D eigenvalue weighted by Gasteiger charge is -2.01. The summed E-state index contributed by atoms with van der Waals surface area (Å²) in [5, 5.41) is 5.33. The number of halogens is 1. The van der Waals surface area contributed by atoms with Gasteiger partial charge in [0.1, 0.15) is 11.5 Å². The number of aromatic nitrogens is 1. The van der Waals surface area contributed by atoms with E-state index in [9.17, 15) is 4.79 Å². The van der Waals surface area contributed by atoms with Crippen molar-refractivity contribution in [1.82, 2.24) is 4.98 Å². The Hall–Kier alpha value is -1.92. The van der Waals surface area contributed by atoms with Gasteiger partial charge in [0.2, 0.25) is 0 Å². The predicted molar refractivity (Wildman–Crippen MR) is 96.1 cm³/mol. The number of anilines is 1. The minimum Gasteiger partial charge on any atom is -0.465 e.